The highest BCUT2D eigenvalue weighted by atomic mass is 79.9. The quantitative estimate of drug-likeness (QED) is 0.698. The molecule has 0 aliphatic rings. The van der Waals surface area contributed by atoms with E-state index in [4.69, 9.17) is 11.6 Å². The molecule has 0 unspecified atom stereocenters. The SMILES string of the molecule is CC(C)(F)c1c(Cl)cccc1Br. The molecule has 0 atom stereocenters. The van der Waals surface area contributed by atoms with Gasteiger partial charge in [-0.2, -0.15) is 0 Å². The number of hydrogen-bond acceptors (Lipinski definition) is 0. The van der Waals surface area contributed by atoms with Gasteiger partial charge in [0.05, 0.1) is 0 Å². The van der Waals surface area contributed by atoms with E-state index >= 15 is 0 Å². The molecule has 0 aliphatic carbocycles. The highest BCUT2D eigenvalue weighted by Gasteiger charge is 2.24. The standard InChI is InChI=1S/C9H9BrClF/c1-9(2,12)8-6(10)4-3-5-7(8)11/h3-5H,1-2H3. The van der Waals surface area contributed by atoms with E-state index in [9.17, 15) is 4.39 Å². The predicted molar refractivity (Wildman–Crippen MR) is 53.3 cm³/mol. The first-order chi connectivity index (χ1) is 5.43. The Morgan fingerprint density at radius 2 is 2.00 bits per heavy atom. The van der Waals surface area contributed by atoms with Gasteiger partial charge < -0.3 is 0 Å². The van der Waals surface area contributed by atoms with Crippen molar-refractivity contribution in [1.29, 1.82) is 0 Å². The molecular formula is C9H9BrClF. The van der Waals surface area contributed by atoms with Crippen LogP contribution in [0.15, 0.2) is 22.7 Å². The zero-order valence-corrected chi connectivity index (χ0v) is 9.21. The van der Waals surface area contributed by atoms with E-state index in [1.54, 1.807) is 18.2 Å². The van der Waals surface area contributed by atoms with Crippen LogP contribution in [0.25, 0.3) is 0 Å². The van der Waals surface area contributed by atoms with E-state index in [0.717, 1.165) is 0 Å². The molecule has 0 saturated carbocycles. The Balaban J connectivity index is 3.31. The largest absolute Gasteiger partial charge is 0.239 e. The Morgan fingerprint density at radius 1 is 1.42 bits per heavy atom. The molecule has 0 saturated heterocycles. The van der Waals surface area contributed by atoms with Crippen molar-refractivity contribution in [1.82, 2.24) is 0 Å². The van der Waals surface area contributed by atoms with Crippen LogP contribution in [-0.4, -0.2) is 0 Å². The smallest absolute Gasteiger partial charge is 0.133 e. The third-order valence-electron chi connectivity index (χ3n) is 1.56. The van der Waals surface area contributed by atoms with Gasteiger partial charge >= 0.3 is 0 Å². The highest BCUT2D eigenvalue weighted by molar-refractivity contribution is 9.10. The Hall–Kier alpha value is -0.0800. The average molecular weight is 252 g/mol. The molecule has 12 heavy (non-hydrogen) atoms. The Morgan fingerprint density at radius 3 is 2.33 bits per heavy atom. The van der Waals surface area contributed by atoms with Crippen molar-refractivity contribution in [3.05, 3.63) is 33.3 Å². The number of benzene rings is 1. The molecule has 66 valence electrons. The molecular weight excluding hydrogens is 242 g/mol. The highest BCUT2D eigenvalue weighted by Crippen LogP contribution is 2.36. The summed E-state index contributed by atoms with van der Waals surface area (Å²) in [6, 6.07) is 5.24. The van der Waals surface area contributed by atoms with Crippen molar-refractivity contribution < 1.29 is 4.39 Å². The van der Waals surface area contributed by atoms with Gasteiger partial charge in [0.15, 0.2) is 0 Å². The Bertz CT molecular complexity index is 271. The van der Waals surface area contributed by atoms with E-state index in [1.165, 1.54) is 13.8 Å². The fraction of sp³-hybridized carbons (Fsp3) is 0.333. The van der Waals surface area contributed by atoms with Crippen LogP contribution in [0.5, 0.6) is 0 Å². The fourth-order valence-electron chi connectivity index (χ4n) is 1.07. The van der Waals surface area contributed by atoms with E-state index in [2.05, 4.69) is 15.9 Å². The summed E-state index contributed by atoms with van der Waals surface area (Å²) in [5.41, 5.74) is -0.899. The van der Waals surface area contributed by atoms with Gasteiger partial charge in [-0.05, 0) is 26.0 Å². The minimum Gasteiger partial charge on any atom is -0.239 e. The molecule has 1 rings (SSSR count). The summed E-state index contributed by atoms with van der Waals surface area (Å²) < 4.78 is 14.2. The molecule has 1 aromatic rings. The van der Waals surface area contributed by atoms with E-state index in [-0.39, 0.29) is 0 Å². The van der Waals surface area contributed by atoms with Crippen molar-refractivity contribution >= 4 is 27.5 Å². The summed E-state index contributed by atoms with van der Waals surface area (Å²) in [7, 11) is 0. The van der Waals surface area contributed by atoms with E-state index < -0.39 is 5.67 Å². The van der Waals surface area contributed by atoms with Crippen molar-refractivity contribution in [2.45, 2.75) is 19.5 Å². The van der Waals surface area contributed by atoms with Crippen molar-refractivity contribution in [2.75, 3.05) is 0 Å². The van der Waals surface area contributed by atoms with Gasteiger partial charge in [0.2, 0.25) is 0 Å². The van der Waals surface area contributed by atoms with Gasteiger partial charge in [-0.3, -0.25) is 0 Å². The second-order valence-electron chi connectivity index (χ2n) is 3.07. The minimum absolute atomic E-state index is 0.455. The van der Waals surface area contributed by atoms with Crippen molar-refractivity contribution in [3.63, 3.8) is 0 Å². The molecule has 1 aromatic carbocycles. The second kappa shape index (κ2) is 3.35. The summed E-state index contributed by atoms with van der Waals surface area (Å²) in [4.78, 5) is 0. The zero-order valence-electron chi connectivity index (χ0n) is 6.87. The van der Waals surface area contributed by atoms with Gasteiger partial charge in [0.25, 0.3) is 0 Å². The summed E-state index contributed by atoms with van der Waals surface area (Å²) in [5, 5.41) is 0.455. The zero-order chi connectivity index (χ0) is 9.35. The third kappa shape index (κ3) is 1.99. The monoisotopic (exact) mass is 250 g/mol. The van der Waals surface area contributed by atoms with Crippen LogP contribution >= 0.6 is 27.5 Å². The number of halogens is 3. The van der Waals surface area contributed by atoms with Crippen molar-refractivity contribution in [3.8, 4) is 0 Å². The lowest BCUT2D eigenvalue weighted by Gasteiger charge is -2.17. The minimum atomic E-state index is -1.41. The average Bonchev–Trinajstić information content (AvgIpc) is 1.82. The lowest BCUT2D eigenvalue weighted by molar-refractivity contribution is 0.220. The lowest BCUT2D eigenvalue weighted by atomic mass is 10.0. The maximum atomic E-state index is 13.5. The molecule has 0 radical (unpaired) electrons. The summed E-state index contributed by atoms with van der Waals surface area (Å²) in [5.74, 6) is 0. The normalized spacial score (nSPS) is 11.8. The topological polar surface area (TPSA) is 0 Å². The second-order valence-corrected chi connectivity index (χ2v) is 4.33. The molecule has 0 aliphatic heterocycles. The number of rotatable bonds is 1. The molecule has 3 heteroatoms. The first-order valence-corrected chi connectivity index (χ1v) is 4.73. The van der Waals surface area contributed by atoms with Gasteiger partial charge in [0, 0.05) is 15.1 Å². The van der Waals surface area contributed by atoms with E-state index in [0.29, 0.717) is 15.1 Å². The van der Waals surface area contributed by atoms with Crippen LogP contribution in [-0.2, 0) is 5.67 Å². The Kier molecular flexibility index (Phi) is 2.79. The van der Waals surface area contributed by atoms with Gasteiger partial charge in [-0.15, -0.1) is 0 Å². The molecule has 0 spiro atoms. The maximum absolute atomic E-state index is 13.5. The van der Waals surface area contributed by atoms with Gasteiger partial charge in [-0.25, -0.2) is 4.39 Å². The van der Waals surface area contributed by atoms with Gasteiger partial charge in [0.1, 0.15) is 5.67 Å². The molecule has 0 amide bonds. The molecule has 0 aromatic heterocycles. The summed E-state index contributed by atoms with van der Waals surface area (Å²) >= 11 is 9.10. The third-order valence-corrected chi connectivity index (χ3v) is 2.53. The summed E-state index contributed by atoms with van der Waals surface area (Å²) in [6.07, 6.45) is 0. The lowest BCUT2D eigenvalue weighted by Crippen LogP contribution is -2.10. The van der Waals surface area contributed by atoms with Crippen LogP contribution in [0, 0.1) is 0 Å². The first-order valence-electron chi connectivity index (χ1n) is 3.56. The van der Waals surface area contributed by atoms with Crippen molar-refractivity contribution in [2.24, 2.45) is 0 Å². The van der Waals surface area contributed by atoms with Crippen LogP contribution < -0.4 is 0 Å². The molecule has 0 fully saturated rings. The van der Waals surface area contributed by atoms with Crippen LogP contribution in [0.2, 0.25) is 5.02 Å². The molecule has 0 N–H and O–H groups in total. The van der Waals surface area contributed by atoms with Gasteiger partial charge in [-0.1, -0.05) is 33.6 Å². The maximum Gasteiger partial charge on any atom is 0.133 e. The van der Waals surface area contributed by atoms with Crippen LogP contribution in [0.3, 0.4) is 0 Å². The molecule has 0 heterocycles. The van der Waals surface area contributed by atoms with Crippen LogP contribution in [0.1, 0.15) is 19.4 Å². The first kappa shape index (κ1) is 10.0. The molecule has 0 nitrogen and oxygen atoms in total. The predicted octanol–water partition coefficient (Wildman–Crippen LogP) is 4.31. The number of alkyl halides is 1. The fourth-order valence-corrected chi connectivity index (χ4v) is 2.42. The Labute approximate surface area is 84.9 Å². The number of hydrogen-bond donors (Lipinski definition) is 0. The van der Waals surface area contributed by atoms with E-state index in [1.807, 2.05) is 0 Å². The van der Waals surface area contributed by atoms with Crippen LogP contribution in [0.4, 0.5) is 4.39 Å². The molecule has 0 bridgehead atoms. The summed E-state index contributed by atoms with van der Waals surface area (Å²) in [6.45, 7) is 2.97.